The number of nitrogens with one attached hydrogen (secondary N) is 2. The van der Waals surface area contributed by atoms with Crippen molar-refractivity contribution in [2.45, 2.75) is 13.0 Å². The topological polar surface area (TPSA) is 105 Å². The van der Waals surface area contributed by atoms with Gasteiger partial charge in [-0.1, -0.05) is 35.9 Å². The van der Waals surface area contributed by atoms with E-state index in [9.17, 15) is 9.59 Å². The Hall–Kier alpha value is -3.98. The number of rotatable bonds is 4. The van der Waals surface area contributed by atoms with Crippen molar-refractivity contribution < 1.29 is 4.79 Å². The number of benzene rings is 2. The Balaban J connectivity index is 1.67. The lowest BCUT2D eigenvalue weighted by molar-refractivity contribution is 0.0796. The number of fused-ring (bicyclic) bond motifs is 2. The highest BCUT2D eigenvalue weighted by Crippen LogP contribution is 2.29. The molecule has 5 rings (SSSR count). The van der Waals surface area contributed by atoms with Gasteiger partial charge in [0.05, 0.1) is 34.3 Å². The third kappa shape index (κ3) is 3.56. The summed E-state index contributed by atoms with van der Waals surface area (Å²) >= 11 is 6.36. The van der Waals surface area contributed by atoms with Gasteiger partial charge in [0.1, 0.15) is 29.4 Å². The van der Waals surface area contributed by atoms with E-state index in [1.807, 2.05) is 37.3 Å². The van der Waals surface area contributed by atoms with Gasteiger partial charge in [0.15, 0.2) is 0 Å². The average Bonchev–Trinajstić information content (AvgIpc) is 2.82. The molecule has 3 heterocycles. The van der Waals surface area contributed by atoms with Crippen LogP contribution >= 0.6 is 11.6 Å². The molecule has 1 aliphatic rings. The third-order valence-electron chi connectivity index (χ3n) is 5.52. The van der Waals surface area contributed by atoms with Crippen LogP contribution in [0.5, 0.6) is 0 Å². The van der Waals surface area contributed by atoms with Crippen molar-refractivity contribution in [3.05, 3.63) is 81.6 Å². The zero-order valence-corrected chi connectivity index (χ0v) is 18.7. The molecule has 0 saturated heterocycles. The summed E-state index contributed by atoms with van der Waals surface area (Å²) in [7, 11) is 1.69. The van der Waals surface area contributed by atoms with E-state index < -0.39 is 6.04 Å². The van der Waals surface area contributed by atoms with Gasteiger partial charge in [0.25, 0.3) is 11.5 Å². The third-order valence-corrected chi connectivity index (χ3v) is 5.83. The summed E-state index contributed by atoms with van der Waals surface area (Å²) in [6, 6.07) is 13.9. The summed E-state index contributed by atoms with van der Waals surface area (Å²) in [5.41, 5.74) is 1.21. The van der Waals surface area contributed by atoms with Gasteiger partial charge in [-0.3, -0.25) is 14.2 Å². The molecule has 1 aliphatic heterocycles. The number of carbonyl (C=O) groups excluding carboxylic acids is 1. The molecule has 0 radical (unpaired) electrons. The molecular weight excluding hydrogens is 442 g/mol. The van der Waals surface area contributed by atoms with E-state index in [0.717, 1.165) is 0 Å². The lowest BCUT2D eigenvalue weighted by Crippen LogP contribution is -2.38. The van der Waals surface area contributed by atoms with E-state index in [1.165, 1.54) is 15.8 Å². The molecule has 10 heteroatoms. The standard InChI is InChI=1S/C23H20ClN7O2/c1-13(28-20-18-19(25-11-26-20)27-12-30(2)22(18)32)21-29-16-10-6-9-15(24)17(16)23(33)31(21)14-7-4-3-5-8-14/h3-11,13H,12H2,1-2H3,(H2,25,26,27,28). The maximum Gasteiger partial charge on any atom is 0.267 e. The quantitative estimate of drug-likeness (QED) is 0.479. The molecule has 0 spiro atoms. The Bertz CT molecular complexity index is 1440. The van der Waals surface area contributed by atoms with Crippen molar-refractivity contribution >= 4 is 40.0 Å². The number of para-hydroxylation sites is 1. The number of amides is 1. The van der Waals surface area contributed by atoms with Gasteiger partial charge in [0.2, 0.25) is 0 Å². The van der Waals surface area contributed by atoms with Crippen molar-refractivity contribution in [3.63, 3.8) is 0 Å². The molecule has 2 aromatic heterocycles. The first-order valence-corrected chi connectivity index (χ1v) is 10.7. The van der Waals surface area contributed by atoms with Crippen LogP contribution in [-0.4, -0.2) is 44.0 Å². The molecule has 0 saturated carbocycles. The summed E-state index contributed by atoms with van der Waals surface area (Å²) in [6.07, 6.45) is 1.39. The lowest BCUT2D eigenvalue weighted by atomic mass is 10.1. The first-order valence-electron chi connectivity index (χ1n) is 10.3. The van der Waals surface area contributed by atoms with E-state index >= 15 is 0 Å². The van der Waals surface area contributed by atoms with E-state index in [2.05, 4.69) is 20.6 Å². The molecule has 1 atom stereocenters. The minimum Gasteiger partial charge on any atom is -0.360 e. The van der Waals surface area contributed by atoms with E-state index in [-0.39, 0.29) is 11.5 Å². The highest BCUT2D eigenvalue weighted by molar-refractivity contribution is 6.35. The summed E-state index contributed by atoms with van der Waals surface area (Å²) in [4.78, 5) is 41.2. The molecular formula is C23H20ClN7O2. The largest absolute Gasteiger partial charge is 0.360 e. The van der Waals surface area contributed by atoms with E-state index in [4.69, 9.17) is 16.6 Å². The predicted octanol–water partition coefficient (Wildman–Crippen LogP) is 3.46. The second-order valence-corrected chi connectivity index (χ2v) is 8.14. The lowest BCUT2D eigenvalue weighted by Gasteiger charge is -2.27. The summed E-state index contributed by atoms with van der Waals surface area (Å²) in [6.45, 7) is 2.22. The summed E-state index contributed by atoms with van der Waals surface area (Å²) in [5.74, 6) is 1.08. The average molecular weight is 462 g/mol. The van der Waals surface area contributed by atoms with Gasteiger partial charge in [-0.2, -0.15) is 0 Å². The van der Waals surface area contributed by atoms with Gasteiger partial charge < -0.3 is 15.5 Å². The molecule has 4 aromatic rings. The van der Waals surface area contributed by atoms with Gasteiger partial charge in [0, 0.05) is 7.05 Å². The fourth-order valence-corrected chi connectivity index (χ4v) is 4.13. The monoisotopic (exact) mass is 461 g/mol. The van der Waals surface area contributed by atoms with Crippen LogP contribution in [0.25, 0.3) is 16.6 Å². The van der Waals surface area contributed by atoms with Crippen LogP contribution in [0.4, 0.5) is 11.6 Å². The van der Waals surface area contributed by atoms with Crippen molar-refractivity contribution in [2.75, 3.05) is 24.3 Å². The number of nitrogens with zero attached hydrogens (tertiary/aromatic N) is 5. The molecule has 2 aromatic carbocycles. The zero-order valence-electron chi connectivity index (χ0n) is 17.9. The van der Waals surface area contributed by atoms with E-state index in [0.29, 0.717) is 51.3 Å². The fraction of sp³-hybridized carbons (Fsp3) is 0.174. The van der Waals surface area contributed by atoms with E-state index in [1.54, 1.807) is 25.2 Å². The fourth-order valence-electron chi connectivity index (χ4n) is 3.88. The van der Waals surface area contributed by atoms with Gasteiger partial charge >= 0.3 is 0 Å². The van der Waals surface area contributed by atoms with Crippen molar-refractivity contribution in [1.82, 2.24) is 24.4 Å². The number of aromatic nitrogens is 4. The predicted molar refractivity (Wildman–Crippen MR) is 127 cm³/mol. The SMILES string of the molecule is CC(Nc1ncnc2c1C(=O)N(C)CN2)c1nc2cccc(Cl)c2c(=O)n1-c1ccccc1. The molecule has 0 aliphatic carbocycles. The van der Waals surface area contributed by atoms with Crippen LogP contribution in [0, 0.1) is 0 Å². The van der Waals surface area contributed by atoms with Crippen LogP contribution in [0.1, 0.15) is 29.1 Å². The molecule has 0 fully saturated rings. The molecule has 1 unspecified atom stereocenters. The smallest absolute Gasteiger partial charge is 0.267 e. The number of hydrogen-bond acceptors (Lipinski definition) is 7. The highest BCUT2D eigenvalue weighted by Gasteiger charge is 2.28. The normalized spacial score (nSPS) is 14.0. The van der Waals surface area contributed by atoms with Crippen molar-refractivity contribution in [2.24, 2.45) is 0 Å². The number of hydrogen-bond donors (Lipinski definition) is 2. The van der Waals surface area contributed by atoms with Crippen molar-refractivity contribution in [3.8, 4) is 5.69 Å². The molecule has 2 N–H and O–H groups in total. The summed E-state index contributed by atoms with van der Waals surface area (Å²) in [5, 5.41) is 7.05. The molecule has 0 bridgehead atoms. The Kier molecular flexibility index (Phi) is 5.18. The maximum atomic E-state index is 13.6. The minimum atomic E-state index is -0.486. The van der Waals surface area contributed by atoms with Gasteiger partial charge in [-0.05, 0) is 31.2 Å². The first-order chi connectivity index (χ1) is 16.0. The molecule has 1 amide bonds. The molecule has 9 nitrogen and oxygen atoms in total. The molecule has 33 heavy (non-hydrogen) atoms. The number of halogens is 1. The Morgan fingerprint density at radius 1 is 1.09 bits per heavy atom. The van der Waals surface area contributed by atoms with Crippen LogP contribution in [0.15, 0.2) is 59.7 Å². The van der Waals surface area contributed by atoms with Crippen LogP contribution in [0.2, 0.25) is 5.02 Å². The second-order valence-electron chi connectivity index (χ2n) is 7.73. The highest BCUT2D eigenvalue weighted by atomic mass is 35.5. The number of anilines is 2. The Morgan fingerprint density at radius 2 is 1.88 bits per heavy atom. The van der Waals surface area contributed by atoms with Gasteiger partial charge in [-0.15, -0.1) is 0 Å². The number of carbonyl (C=O) groups is 1. The van der Waals surface area contributed by atoms with Gasteiger partial charge in [-0.25, -0.2) is 15.0 Å². The Labute approximate surface area is 194 Å². The van der Waals surface area contributed by atoms with Crippen LogP contribution in [0.3, 0.4) is 0 Å². The summed E-state index contributed by atoms with van der Waals surface area (Å²) < 4.78 is 1.53. The minimum absolute atomic E-state index is 0.197. The Morgan fingerprint density at radius 3 is 2.67 bits per heavy atom. The molecule has 166 valence electrons. The zero-order chi connectivity index (χ0) is 23.1. The first kappa shape index (κ1) is 20.9. The van der Waals surface area contributed by atoms with Crippen LogP contribution in [-0.2, 0) is 0 Å². The van der Waals surface area contributed by atoms with Crippen molar-refractivity contribution in [1.29, 1.82) is 0 Å². The maximum absolute atomic E-state index is 13.6. The van der Waals surface area contributed by atoms with Crippen LogP contribution < -0.4 is 16.2 Å². The second kappa shape index (κ2) is 8.18.